The van der Waals surface area contributed by atoms with Crippen molar-refractivity contribution in [2.24, 2.45) is 0 Å². The number of benzene rings is 1. The first kappa shape index (κ1) is 13.8. The zero-order valence-corrected chi connectivity index (χ0v) is 11.7. The Morgan fingerprint density at radius 2 is 2.05 bits per heavy atom. The molecule has 110 valence electrons. The number of carbonyl (C=O) groups excluding carboxylic acids is 1. The van der Waals surface area contributed by atoms with Gasteiger partial charge in [-0.3, -0.25) is 9.59 Å². The smallest absolute Gasteiger partial charge is 0.287 e. The van der Waals surface area contributed by atoms with Crippen LogP contribution in [0, 0.1) is 0 Å². The minimum absolute atomic E-state index is 0.0638. The zero-order chi connectivity index (χ0) is 14.7. The van der Waals surface area contributed by atoms with E-state index in [1.54, 1.807) is 24.3 Å². The third kappa shape index (κ3) is 3.49. The van der Waals surface area contributed by atoms with E-state index in [2.05, 4.69) is 10.6 Å². The molecule has 0 aliphatic heterocycles. The van der Waals surface area contributed by atoms with Crippen molar-refractivity contribution in [2.45, 2.75) is 25.3 Å². The zero-order valence-electron chi connectivity index (χ0n) is 11.7. The molecule has 1 aliphatic rings. The van der Waals surface area contributed by atoms with E-state index in [1.165, 1.54) is 18.9 Å². The van der Waals surface area contributed by atoms with Crippen LogP contribution < -0.4 is 16.1 Å². The van der Waals surface area contributed by atoms with Crippen molar-refractivity contribution in [1.82, 2.24) is 10.6 Å². The van der Waals surface area contributed by atoms with Crippen molar-refractivity contribution >= 4 is 16.9 Å². The van der Waals surface area contributed by atoms with Crippen LogP contribution in [0.4, 0.5) is 0 Å². The summed E-state index contributed by atoms with van der Waals surface area (Å²) in [4.78, 5) is 23.9. The van der Waals surface area contributed by atoms with Crippen molar-refractivity contribution in [2.75, 3.05) is 13.1 Å². The summed E-state index contributed by atoms with van der Waals surface area (Å²) in [5, 5.41) is 6.64. The second-order valence-corrected chi connectivity index (χ2v) is 5.31. The lowest BCUT2D eigenvalue weighted by Crippen LogP contribution is -2.28. The predicted molar refractivity (Wildman–Crippen MR) is 80.5 cm³/mol. The molecule has 3 rings (SSSR count). The molecule has 1 saturated carbocycles. The van der Waals surface area contributed by atoms with Gasteiger partial charge in [-0.25, -0.2) is 0 Å². The van der Waals surface area contributed by atoms with Crippen LogP contribution in [0.1, 0.15) is 29.8 Å². The molecule has 0 saturated heterocycles. The highest BCUT2D eigenvalue weighted by Crippen LogP contribution is 2.18. The Hall–Kier alpha value is -2.14. The molecule has 2 aromatic rings. The summed E-state index contributed by atoms with van der Waals surface area (Å²) >= 11 is 0. The van der Waals surface area contributed by atoms with Crippen LogP contribution in [0.5, 0.6) is 0 Å². The summed E-state index contributed by atoms with van der Waals surface area (Å²) in [5.41, 5.74) is 0.239. The number of fused-ring (bicyclic) bond motifs is 1. The molecule has 1 aromatic carbocycles. The Kier molecular flexibility index (Phi) is 4.01. The van der Waals surface area contributed by atoms with Gasteiger partial charge >= 0.3 is 0 Å². The second-order valence-electron chi connectivity index (χ2n) is 5.31. The monoisotopic (exact) mass is 286 g/mol. The molecule has 0 unspecified atom stereocenters. The fourth-order valence-electron chi connectivity index (χ4n) is 2.19. The first-order valence-electron chi connectivity index (χ1n) is 7.28. The van der Waals surface area contributed by atoms with Gasteiger partial charge in [0.2, 0.25) is 0 Å². The SMILES string of the molecule is O=C(NCCCNC1CC1)c1cc(=O)c2ccccc2o1. The maximum atomic E-state index is 12.0. The molecule has 0 bridgehead atoms. The van der Waals surface area contributed by atoms with E-state index >= 15 is 0 Å². The molecule has 5 nitrogen and oxygen atoms in total. The van der Waals surface area contributed by atoms with Crippen LogP contribution in [-0.4, -0.2) is 25.0 Å². The molecule has 1 amide bonds. The molecular weight excluding hydrogens is 268 g/mol. The molecule has 1 aromatic heterocycles. The van der Waals surface area contributed by atoms with Crippen LogP contribution >= 0.6 is 0 Å². The Morgan fingerprint density at radius 3 is 2.86 bits per heavy atom. The number of hydrogen-bond acceptors (Lipinski definition) is 4. The Morgan fingerprint density at radius 1 is 1.24 bits per heavy atom. The van der Waals surface area contributed by atoms with Crippen molar-refractivity contribution in [3.8, 4) is 0 Å². The van der Waals surface area contributed by atoms with Crippen LogP contribution in [0.3, 0.4) is 0 Å². The number of hydrogen-bond donors (Lipinski definition) is 2. The molecule has 1 heterocycles. The first-order valence-corrected chi connectivity index (χ1v) is 7.28. The quantitative estimate of drug-likeness (QED) is 0.792. The van der Waals surface area contributed by atoms with Crippen molar-refractivity contribution < 1.29 is 9.21 Å². The van der Waals surface area contributed by atoms with E-state index in [1.807, 2.05) is 0 Å². The minimum atomic E-state index is -0.343. The molecule has 1 aliphatic carbocycles. The average molecular weight is 286 g/mol. The highest BCUT2D eigenvalue weighted by Gasteiger charge is 2.19. The normalized spacial score (nSPS) is 14.3. The summed E-state index contributed by atoms with van der Waals surface area (Å²) in [6.07, 6.45) is 3.38. The highest BCUT2D eigenvalue weighted by molar-refractivity contribution is 5.93. The van der Waals surface area contributed by atoms with Gasteiger partial charge in [0.1, 0.15) is 5.58 Å². The molecule has 0 spiro atoms. The Bertz CT molecular complexity index is 704. The van der Waals surface area contributed by atoms with Gasteiger partial charge in [-0.15, -0.1) is 0 Å². The molecule has 2 N–H and O–H groups in total. The molecular formula is C16H18N2O3. The number of rotatable bonds is 6. The third-order valence-electron chi connectivity index (χ3n) is 3.51. The van der Waals surface area contributed by atoms with E-state index in [0.29, 0.717) is 23.6 Å². The lowest BCUT2D eigenvalue weighted by atomic mass is 10.2. The van der Waals surface area contributed by atoms with Gasteiger partial charge in [0.15, 0.2) is 11.2 Å². The van der Waals surface area contributed by atoms with Crippen LogP contribution in [0.15, 0.2) is 39.5 Å². The van der Waals surface area contributed by atoms with Gasteiger partial charge in [-0.2, -0.15) is 0 Å². The van der Waals surface area contributed by atoms with Gasteiger partial charge in [-0.1, -0.05) is 12.1 Å². The van der Waals surface area contributed by atoms with E-state index in [0.717, 1.165) is 13.0 Å². The van der Waals surface area contributed by atoms with Gasteiger partial charge < -0.3 is 15.1 Å². The molecule has 0 radical (unpaired) electrons. The van der Waals surface area contributed by atoms with Gasteiger partial charge in [0.25, 0.3) is 5.91 Å². The maximum absolute atomic E-state index is 12.0. The Labute approximate surface area is 122 Å². The first-order chi connectivity index (χ1) is 10.2. The highest BCUT2D eigenvalue weighted by atomic mass is 16.3. The standard InChI is InChI=1S/C16H18N2O3/c19-13-10-15(21-14-5-2-1-4-12(13)14)16(20)18-9-3-8-17-11-6-7-11/h1-2,4-5,10-11,17H,3,6-9H2,(H,18,20). The van der Waals surface area contributed by atoms with Crippen molar-refractivity contribution in [3.63, 3.8) is 0 Å². The van der Waals surface area contributed by atoms with Crippen LogP contribution in [0.2, 0.25) is 0 Å². The van der Waals surface area contributed by atoms with E-state index in [9.17, 15) is 9.59 Å². The van der Waals surface area contributed by atoms with Crippen molar-refractivity contribution in [3.05, 3.63) is 46.3 Å². The van der Waals surface area contributed by atoms with Crippen LogP contribution in [0.25, 0.3) is 11.0 Å². The molecule has 5 heteroatoms. The van der Waals surface area contributed by atoms with Gasteiger partial charge in [-0.05, 0) is 37.9 Å². The number of carbonyl (C=O) groups is 1. The summed E-state index contributed by atoms with van der Waals surface area (Å²) in [7, 11) is 0. The fourth-order valence-corrected chi connectivity index (χ4v) is 2.19. The molecule has 1 fully saturated rings. The third-order valence-corrected chi connectivity index (χ3v) is 3.51. The molecule has 21 heavy (non-hydrogen) atoms. The number of para-hydroxylation sites is 1. The van der Waals surface area contributed by atoms with Gasteiger partial charge in [0, 0.05) is 18.7 Å². The molecule has 0 atom stereocenters. The summed E-state index contributed by atoms with van der Waals surface area (Å²) in [6, 6.07) is 8.85. The fraction of sp³-hybridized carbons (Fsp3) is 0.375. The lowest BCUT2D eigenvalue weighted by molar-refractivity contribution is 0.0926. The second kappa shape index (κ2) is 6.10. The van der Waals surface area contributed by atoms with E-state index < -0.39 is 0 Å². The van der Waals surface area contributed by atoms with Crippen LogP contribution in [-0.2, 0) is 0 Å². The largest absolute Gasteiger partial charge is 0.451 e. The summed E-state index contributed by atoms with van der Waals surface area (Å²) in [5.74, 6) is -0.280. The summed E-state index contributed by atoms with van der Waals surface area (Å²) in [6.45, 7) is 1.46. The summed E-state index contributed by atoms with van der Waals surface area (Å²) < 4.78 is 5.48. The lowest BCUT2D eigenvalue weighted by Gasteiger charge is -2.06. The van der Waals surface area contributed by atoms with E-state index in [-0.39, 0.29) is 17.1 Å². The Balaban J connectivity index is 1.59. The number of nitrogens with one attached hydrogen (secondary N) is 2. The average Bonchev–Trinajstić information content (AvgIpc) is 3.31. The maximum Gasteiger partial charge on any atom is 0.287 e. The minimum Gasteiger partial charge on any atom is -0.451 e. The topological polar surface area (TPSA) is 71.3 Å². The number of amides is 1. The van der Waals surface area contributed by atoms with Gasteiger partial charge in [0.05, 0.1) is 5.39 Å². The predicted octanol–water partition coefficient (Wildman–Crippen LogP) is 1.66. The van der Waals surface area contributed by atoms with E-state index in [4.69, 9.17) is 4.42 Å². The van der Waals surface area contributed by atoms with Crippen molar-refractivity contribution in [1.29, 1.82) is 0 Å².